The molecule has 0 radical (unpaired) electrons. The number of urea groups is 1. The number of fused-ring (bicyclic) bond motifs is 1. The Morgan fingerprint density at radius 3 is 2.20 bits per heavy atom. The number of carboxylic acid groups (broad SMARTS) is 1. The van der Waals surface area contributed by atoms with Crippen molar-refractivity contribution in [3.8, 4) is 11.5 Å². The zero-order valence-electron chi connectivity index (χ0n) is 24.4. The van der Waals surface area contributed by atoms with Crippen molar-refractivity contribution in [1.82, 2.24) is 10.2 Å². The van der Waals surface area contributed by atoms with Crippen molar-refractivity contribution in [2.45, 2.75) is 75.4 Å². The first-order valence-electron chi connectivity index (χ1n) is 13.7. The van der Waals surface area contributed by atoms with E-state index in [-0.39, 0.29) is 17.5 Å². The molecule has 0 spiro atoms. The van der Waals surface area contributed by atoms with E-state index < -0.39 is 41.4 Å². The number of ether oxygens (including phenoxy) is 2. The third-order valence-corrected chi connectivity index (χ3v) is 8.05. The third kappa shape index (κ3) is 7.66. The summed E-state index contributed by atoms with van der Waals surface area (Å²) >= 11 is 0. The summed E-state index contributed by atoms with van der Waals surface area (Å²) in [6.45, 7) is 5.20. The van der Waals surface area contributed by atoms with Crippen molar-refractivity contribution in [3.05, 3.63) is 53.3 Å². The number of likely N-dealkylation sites (tertiary alicyclic amines) is 1. The molecule has 2 aromatic carbocycles. The zero-order valence-corrected chi connectivity index (χ0v) is 24.4. The second kappa shape index (κ2) is 13.5. The van der Waals surface area contributed by atoms with Crippen molar-refractivity contribution in [2.75, 3.05) is 26.1 Å². The van der Waals surface area contributed by atoms with Gasteiger partial charge in [0.05, 0.1) is 25.5 Å². The van der Waals surface area contributed by atoms with Gasteiger partial charge in [0.1, 0.15) is 0 Å². The molecule has 1 saturated carbocycles. The normalized spacial score (nSPS) is 22.0. The first-order valence-corrected chi connectivity index (χ1v) is 13.7. The molecule has 4 rings (SSSR count). The highest BCUT2D eigenvalue weighted by Crippen LogP contribution is 2.51. The molecular formula is C29H34F7N3O5. The molecule has 0 aromatic heterocycles. The number of anilines is 1. The summed E-state index contributed by atoms with van der Waals surface area (Å²) in [6, 6.07) is 8.34. The number of benzene rings is 2. The van der Waals surface area contributed by atoms with Crippen molar-refractivity contribution in [2.24, 2.45) is 0 Å². The maximum Gasteiger partial charge on any atom is 0.490 e. The molecule has 8 nitrogen and oxygen atoms in total. The van der Waals surface area contributed by atoms with Gasteiger partial charge in [0.15, 0.2) is 17.3 Å². The average molecular weight is 638 g/mol. The minimum atomic E-state index is -5.08. The van der Waals surface area contributed by atoms with E-state index in [0.29, 0.717) is 36.4 Å². The topological polar surface area (TPSA) is 100 Å². The Hall–Kier alpha value is -3.75. The number of nitrogens with one attached hydrogen (secondary N) is 2. The lowest BCUT2D eigenvalue weighted by molar-refractivity contribution is -0.192. The van der Waals surface area contributed by atoms with Crippen LogP contribution in [0.4, 0.5) is 41.2 Å². The highest BCUT2D eigenvalue weighted by molar-refractivity contribution is 5.89. The van der Waals surface area contributed by atoms with E-state index in [2.05, 4.69) is 35.4 Å². The number of nitrogens with zero attached hydrogens (tertiary/aromatic N) is 1. The third-order valence-electron chi connectivity index (χ3n) is 8.05. The summed E-state index contributed by atoms with van der Waals surface area (Å²) in [4.78, 5) is 24.0. The molecule has 0 bridgehead atoms. The molecule has 1 saturated heterocycles. The number of halogens is 7. The minimum absolute atomic E-state index is 0.133. The standard InChI is InChI=1S/C27H33F4N3O3.C2HF3O2/c1-16(2)34-13-12-26(17-8-9-21(36-3)22(14-17)37-4)11-10-18(15-23(26)34)32-25(35)33-20-7-5-6-19(24(20)28)27(29,30)31;3-2(4,5)1(6)7/h5-9,14,16,18,23H,10-13,15H2,1-4H3,(H2,32,33,35);(H,6,7)/t18-,23+,26+;/m1./s1. The van der Waals surface area contributed by atoms with Gasteiger partial charge >= 0.3 is 24.4 Å². The number of hydrogen-bond acceptors (Lipinski definition) is 5. The molecular weight excluding hydrogens is 603 g/mol. The Bertz CT molecular complexity index is 1340. The van der Waals surface area contributed by atoms with Crippen molar-refractivity contribution in [3.63, 3.8) is 0 Å². The largest absolute Gasteiger partial charge is 0.493 e. The number of aliphatic carboxylic acids is 1. The van der Waals surface area contributed by atoms with Gasteiger partial charge in [-0.05, 0) is 75.9 Å². The van der Waals surface area contributed by atoms with Gasteiger partial charge in [-0.15, -0.1) is 0 Å². The van der Waals surface area contributed by atoms with Gasteiger partial charge < -0.3 is 25.2 Å². The Kier molecular flexibility index (Phi) is 10.6. The van der Waals surface area contributed by atoms with Crippen LogP contribution in [0.2, 0.25) is 0 Å². The number of carbonyl (C=O) groups is 2. The number of alkyl halides is 6. The van der Waals surface area contributed by atoms with Crippen LogP contribution in [0.3, 0.4) is 0 Å². The highest BCUT2D eigenvalue weighted by atomic mass is 19.4. The number of hydrogen-bond donors (Lipinski definition) is 3. The first kappa shape index (κ1) is 34.7. The van der Waals surface area contributed by atoms with Gasteiger partial charge in [0.2, 0.25) is 0 Å². The van der Waals surface area contributed by atoms with Gasteiger partial charge in [0.25, 0.3) is 0 Å². The van der Waals surface area contributed by atoms with Crippen LogP contribution >= 0.6 is 0 Å². The fourth-order valence-electron chi connectivity index (χ4n) is 6.01. The van der Waals surface area contributed by atoms with E-state index in [9.17, 15) is 35.5 Å². The van der Waals surface area contributed by atoms with Gasteiger partial charge in [-0.2, -0.15) is 26.3 Å². The Balaban J connectivity index is 0.000000676. The van der Waals surface area contributed by atoms with Crippen LogP contribution in [-0.4, -0.2) is 67.1 Å². The van der Waals surface area contributed by atoms with Crippen LogP contribution in [0, 0.1) is 5.82 Å². The molecule has 3 N–H and O–H groups in total. The molecule has 244 valence electrons. The monoisotopic (exact) mass is 637 g/mol. The van der Waals surface area contributed by atoms with E-state index in [1.54, 1.807) is 14.2 Å². The van der Waals surface area contributed by atoms with Gasteiger partial charge in [-0.3, -0.25) is 4.90 Å². The molecule has 2 fully saturated rings. The van der Waals surface area contributed by atoms with Gasteiger partial charge in [-0.1, -0.05) is 12.1 Å². The smallest absolute Gasteiger partial charge is 0.490 e. The minimum Gasteiger partial charge on any atom is -0.493 e. The number of carbonyl (C=O) groups excluding carboxylic acids is 1. The Morgan fingerprint density at radius 2 is 1.66 bits per heavy atom. The van der Waals surface area contributed by atoms with Crippen LogP contribution in [-0.2, 0) is 16.4 Å². The van der Waals surface area contributed by atoms with Crippen LogP contribution in [0.1, 0.15) is 50.7 Å². The summed E-state index contributed by atoms with van der Waals surface area (Å²) < 4.78 is 96.2. The lowest BCUT2D eigenvalue weighted by Gasteiger charge is -2.46. The SMILES string of the molecule is COc1ccc([C@@]23CC[C@@H](NC(=O)Nc4cccc(C(F)(F)F)c4F)C[C@@H]2N(C(C)C)CC3)cc1OC.O=C(O)C(F)(F)F. The van der Waals surface area contributed by atoms with E-state index in [0.717, 1.165) is 37.1 Å². The molecule has 1 heterocycles. The van der Waals surface area contributed by atoms with Crippen molar-refractivity contribution >= 4 is 17.7 Å². The lowest BCUT2D eigenvalue weighted by Crippen LogP contribution is -2.54. The summed E-state index contributed by atoms with van der Waals surface area (Å²) in [5.41, 5.74) is -0.896. The molecule has 15 heteroatoms. The molecule has 44 heavy (non-hydrogen) atoms. The summed E-state index contributed by atoms with van der Waals surface area (Å²) in [7, 11) is 3.21. The second-order valence-electron chi connectivity index (χ2n) is 10.9. The predicted octanol–water partition coefficient (Wildman–Crippen LogP) is 6.59. The molecule has 0 unspecified atom stereocenters. The lowest BCUT2D eigenvalue weighted by atomic mass is 9.65. The summed E-state index contributed by atoms with van der Waals surface area (Å²) in [6.07, 6.45) is -6.84. The van der Waals surface area contributed by atoms with Crippen molar-refractivity contribution in [1.29, 1.82) is 0 Å². The fourth-order valence-corrected chi connectivity index (χ4v) is 6.01. The molecule has 2 aliphatic rings. The maximum atomic E-state index is 14.4. The van der Waals surface area contributed by atoms with Gasteiger partial charge in [-0.25, -0.2) is 14.0 Å². The molecule has 1 aliphatic heterocycles. The van der Waals surface area contributed by atoms with Crippen LogP contribution < -0.4 is 20.1 Å². The van der Waals surface area contributed by atoms with E-state index in [4.69, 9.17) is 19.4 Å². The summed E-state index contributed by atoms with van der Waals surface area (Å²) in [5.74, 6) is -2.93. The fraction of sp³-hybridized carbons (Fsp3) is 0.517. The maximum absolute atomic E-state index is 14.4. The number of methoxy groups -OCH3 is 2. The number of carboxylic acids is 1. The predicted molar refractivity (Wildman–Crippen MR) is 146 cm³/mol. The molecule has 2 amide bonds. The quantitative estimate of drug-likeness (QED) is 0.309. The summed E-state index contributed by atoms with van der Waals surface area (Å²) in [5, 5.41) is 12.3. The first-order chi connectivity index (χ1) is 20.4. The highest BCUT2D eigenvalue weighted by Gasteiger charge is 2.52. The van der Waals surface area contributed by atoms with Crippen LogP contribution in [0.15, 0.2) is 36.4 Å². The molecule has 1 aliphatic carbocycles. The molecule has 2 aromatic rings. The van der Waals surface area contributed by atoms with E-state index in [1.807, 2.05) is 12.1 Å². The number of amides is 2. The van der Waals surface area contributed by atoms with E-state index >= 15 is 0 Å². The number of rotatable bonds is 6. The zero-order chi connectivity index (χ0) is 33.0. The van der Waals surface area contributed by atoms with Gasteiger partial charge in [0, 0.05) is 23.5 Å². The Morgan fingerprint density at radius 1 is 1.02 bits per heavy atom. The Labute approximate surface area is 249 Å². The van der Waals surface area contributed by atoms with Crippen LogP contribution in [0.25, 0.3) is 0 Å². The molecule has 3 atom stereocenters. The average Bonchev–Trinajstić information content (AvgIpc) is 3.33. The second-order valence-corrected chi connectivity index (χ2v) is 10.9. The van der Waals surface area contributed by atoms with Crippen LogP contribution in [0.5, 0.6) is 11.5 Å². The van der Waals surface area contributed by atoms with Crippen molar-refractivity contribution < 1.29 is 54.9 Å². The van der Waals surface area contributed by atoms with E-state index in [1.165, 1.54) is 0 Å².